The third-order valence-corrected chi connectivity index (χ3v) is 4.60. The van der Waals surface area contributed by atoms with Crippen molar-refractivity contribution in [2.45, 2.75) is 6.54 Å². The number of aromatic nitrogens is 2. The maximum absolute atomic E-state index is 13.8. The third-order valence-electron chi connectivity index (χ3n) is 2.41. The van der Waals surface area contributed by atoms with E-state index in [2.05, 4.69) is 20.9 Å². The highest BCUT2D eigenvalue weighted by atomic mass is 127. The number of halogens is 5. The largest absolute Gasteiger partial charge is 0.294 e. The monoisotopic (exact) mass is 460 g/mol. The molecule has 0 aliphatic heterocycles. The van der Waals surface area contributed by atoms with Gasteiger partial charge < -0.3 is 0 Å². The minimum absolute atomic E-state index is 0.0667. The van der Waals surface area contributed by atoms with Crippen LogP contribution in [-0.2, 0) is 6.54 Å². The Hall–Kier alpha value is -0.540. The summed E-state index contributed by atoms with van der Waals surface area (Å²) in [4.78, 5) is 15.7. The van der Waals surface area contributed by atoms with Gasteiger partial charge in [-0.15, -0.1) is 0 Å². The molecule has 2 aromatic rings. The lowest BCUT2D eigenvalue weighted by Gasteiger charge is -2.09. The Bertz CT molecular complexity index is 708. The molecule has 8 heteroatoms. The zero-order valence-corrected chi connectivity index (χ0v) is 13.6. The summed E-state index contributed by atoms with van der Waals surface area (Å²) in [6.45, 7) is -0.254. The Morgan fingerprint density at radius 1 is 1.42 bits per heavy atom. The summed E-state index contributed by atoms with van der Waals surface area (Å²) in [6, 6.07) is 2.39. The highest BCUT2D eigenvalue weighted by molar-refractivity contribution is 14.1. The van der Waals surface area contributed by atoms with Crippen LogP contribution in [0.2, 0.25) is 5.15 Å². The average molecular weight is 461 g/mol. The van der Waals surface area contributed by atoms with E-state index in [-0.39, 0.29) is 25.3 Å². The van der Waals surface area contributed by atoms with Gasteiger partial charge in [0, 0.05) is 5.56 Å². The van der Waals surface area contributed by atoms with Crippen LogP contribution < -0.4 is 5.56 Å². The van der Waals surface area contributed by atoms with E-state index < -0.39 is 17.2 Å². The highest BCUT2D eigenvalue weighted by Crippen LogP contribution is 2.22. The van der Waals surface area contributed by atoms with Crippen molar-refractivity contribution in [2.24, 2.45) is 0 Å². The lowest BCUT2D eigenvalue weighted by molar-refractivity contribution is 0.536. The van der Waals surface area contributed by atoms with Crippen molar-refractivity contribution in [2.75, 3.05) is 0 Å². The Balaban J connectivity index is 2.51. The van der Waals surface area contributed by atoms with Crippen molar-refractivity contribution in [1.82, 2.24) is 9.55 Å². The summed E-state index contributed by atoms with van der Waals surface area (Å²) < 4.78 is 28.9. The van der Waals surface area contributed by atoms with Crippen molar-refractivity contribution < 1.29 is 8.78 Å². The summed E-state index contributed by atoms with van der Waals surface area (Å²) in [5.41, 5.74) is -0.657. The fourth-order valence-electron chi connectivity index (χ4n) is 1.44. The number of hydrogen-bond donors (Lipinski definition) is 0. The molecule has 2 rings (SSSR count). The topological polar surface area (TPSA) is 34.9 Å². The quantitative estimate of drug-likeness (QED) is 0.389. The lowest BCUT2D eigenvalue weighted by Crippen LogP contribution is -2.24. The molecule has 0 unspecified atom stereocenters. The first-order valence-electron chi connectivity index (χ1n) is 4.94. The van der Waals surface area contributed by atoms with Crippen LogP contribution >= 0.6 is 50.1 Å². The third kappa shape index (κ3) is 2.97. The molecular formula is C11H5BrClF2IN2O. The molecule has 0 saturated heterocycles. The molecule has 1 aromatic heterocycles. The molecule has 0 fully saturated rings. The van der Waals surface area contributed by atoms with Gasteiger partial charge in [0.2, 0.25) is 0 Å². The average Bonchev–Trinajstić information content (AvgIpc) is 2.39. The molecule has 0 atom stereocenters. The smallest absolute Gasteiger partial charge is 0.268 e. The molecule has 0 bridgehead atoms. The molecule has 0 aliphatic carbocycles. The predicted octanol–water partition coefficient (Wildman–Crippen LogP) is 3.59. The van der Waals surface area contributed by atoms with E-state index in [4.69, 9.17) is 11.6 Å². The molecule has 0 aliphatic rings. The first-order valence-corrected chi connectivity index (χ1v) is 7.19. The van der Waals surface area contributed by atoms with Crippen LogP contribution in [0.4, 0.5) is 8.78 Å². The molecule has 0 saturated carbocycles. The van der Waals surface area contributed by atoms with Gasteiger partial charge in [-0.1, -0.05) is 11.6 Å². The van der Waals surface area contributed by atoms with Gasteiger partial charge in [-0.2, -0.15) is 0 Å². The molecule has 1 heterocycles. The minimum atomic E-state index is -0.739. The van der Waals surface area contributed by atoms with Gasteiger partial charge in [0.15, 0.2) is 0 Å². The summed E-state index contributed by atoms with van der Waals surface area (Å²) >= 11 is 10.4. The van der Waals surface area contributed by atoms with E-state index in [1.807, 2.05) is 0 Å². The normalized spacial score (nSPS) is 10.8. The molecule has 3 nitrogen and oxygen atoms in total. The van der Waals surface area contributed by atoms with E-state index in [0.717, 1.165) is 17.0 Å². The molecule has 19 heavy (non-hydrogen) atoms. The predicted molar refractivity (Wildman–Crippen MR) is 79.4 cm³/mol. The highest BCUT2D eigenvalue weighted by Gasteiger charge is 2.15. The van der Waals surface area contributed by atoms with Gasteiger partial charge in [0.1, 0.15) is 20.4 Å². The van der Waals surface area contributed by atoms with E-state index in [0.29, 0.717) is 0 Å². The SMILES string of the molecule is O=c1c(I)c(Cl)ncn1Cc1c(F)ccc(Br)c1F. The molecule has 0 amide bonds. The van der Waals surface area contributed by atoms with Crippen LogP contribution in [0.5, 0.6) is 0 Å². The standard InChI is InChI=1S/C11H5BrClF2IN2O/c12-6-1-2-7(14)5(8(6)15)3-18-4-17-10(13)9(16)11(18)19/h1-2,4H,3H2. The van der Waals surface area contributed by atoms with E-state index in [1.165, 1.54) is 6.07 Å². The number of hydrogen-bond acceptors (Lipinski definition) is 2. The molecule has 0 radical (unpaired) electrons. The van der Waals surface area contributed by atoms with Crippen molar-refractivity contribution in [1.29, 1.82) is 0 Å². The van der Waals surface area contributed by atoms with Crippen molar-refractivity contribution >= 4 is 50.1 Å². The molecule has 0 N–H and O–H groups in total. The summed E-state index contributed by atoms with van der Waals surface area (Å²) in [5.74, 6) is -1.46. The first-order chi connectivity index (χ1) is 8.91. The maximum Gasteiger partial charge on any atom is 0.268 e. The Labute approximate surface area is 133 Å². The molecule has 100 valence electrons. The van der Waals surface area contributed by atoms with Crippen molar-refractivity contribution in [3.63, 3.8) is 0 Å². The van der Waals surface area contributed by atoms with E-state index >= 15 is 0 Å². The van der Waals surface area contributed by atoms with E-state index in [1.54, 1.807) is 22.6 Å². The van der Waals surface area contributed by atoms with Crippen LogP contribution in [0.3, 0.4) is 0 Å². The zero-order chi connectivity index (χ0) is 14.2. The lowest BCUT2D eigenvalue weighted by atomic mass is 10.2. The second-order valence-electron chi connectivity index (χ2n) is 3.60. The Morgan fingerprint density at radius 3 is 2.79 bits per heavy atom. The molecule has 1 aromatic carbocycles. The van der Waals surface area contributed by atoms with Crippen LogP contribution in [-0.4, -0.2) is 9.55 Å². The summed E-state index contributed by atoms with van der Waals surface area (Å²) in [6.07, 6.45) is 1.16. The number of nitrogens with zero attached hydrogens (tertiary/aromatic N) is 2. The van der Waals surface area contributed by atoms with Gasteiger partial charge in [-0.3, -0.25) is 9.36 Å². The van der Waals surface area contributed by atoms with Gasteiger partial charge in [0.05, 0.1) is 17.3 Å². The van der Waals surface area contributed by atoms with Crippen LogP contribution in [0, 0.1) is 15.2 Å². The van der Waals surface area contributed by atoms with Crippen molar-refractivity contribution in [3.05, 3.63) is 59.2 Å². The van der Waals surface area contributed by atoms with E-state index in [9.17, 15) is 13.6 Å². The van der Waals surface area contributed by atoms with Gasteiger partial charge in [-0.25, -0.2) is 13.8 Å². The number of benzene rings is 1. The van der Waals surface area contributed by atoms with Gasteiger partial charge >= 0.3 is 0 Å². The fraction of sp³-hybridized carbons (Fsp3) is 0.0909. The minimum Gasteiger partial charge on any atom is -0.294 e. The van der Waals surface area contributed by atoms with Gasteiger partial charge in [-0.05, 0) is 50.7 Å². The maximum atomic E-state index is 13.8. The summed E-state index contributed by atoms with van der Waals surface area (Å²) in [7, 11) is 0. The molecular weight excluding hydrogens is 456 g/mol. The Morgan fingerprint density at radius 2 is 2.11 bits per heavy atom. The van der Waals surface area contributed by atoms with Crippen LogP contribution in [0.25, 0.3) is 0 Å². The number of rotatable bonds is 2. The van der Waals surface area contributed by atoms with Gasteiger partial charge in [0.25, 0.3) is 5.56 Å². The summed E-state index contributed by atoms with van der Waals surface area (Å²) in [5, 5.41) is 0.0667. The van der Waals surface area contributed by atoms with Crippen molar-refractivity contribution in [3.8, 4) is 0 Å². The second-order valence-corrected chi connectivity index (χ2v) is 5.90. The first kappa shape index (κ1) is 14.9. The fourth-order valence-corrected chi connectivity index (χ4v) is 2.39. The second kappa shape index (κ2) is 5.84. The van der Waals surface area contributed by atoms with Crippen LogP contribution in [0.15, 0.2) is 27.7 Å². The zero-order valence-electron chi connectivity index (χ0n) is 9.13. The molecule has 0 spiro atoms. The van der Waals surface area contributed by atoms with Crippen LogP contribution in [0.1, 0.15) is 5.56 Å². The Kier molecular flexibility index (Phi) is 4.57.